The van der Waals surface area contributed by atoms with Crippen LogP contribution in [0.2, 0.25) is 0 Å². The number of rotatable bonds is 4. The second-order valence-electron chi connectivity index (χ2n) is 3.65. The molecule has 0 spiro atoms. The predicted molar refractivity (Wildman–Crippen MR) is 74.3 cm³/mol. The molecule has 1 atom stereocenters. The minimum Gasteiger partial charge on any atom is -0.482 e. The molecule has 96 valence electrons. The van der Waals surface area contributed by atoms with Crippen LogP contribution in [0.5, 0.6) is 0 Å². The van der Waals surface area contributed by atoms with Crippen molar-refractivity contribution in [1.29, 1.82) is 0 Å². The molecule has 1 aromatic rings. The van der Waals surface area contributed by atoms with Gasteiger partial charge in [-0.05, 0) is 24.7 Å². The van der Waals surface area contributed by atoms with Gasteiger partial charge >= 0.3 is 0 Å². The van der Waals surface area contributed by atoms with Gasteiger partial charge in [0.2, 0.25) is 5.90 Å². The van der Waals surface area contributed by atoms with Gasteiger partial charge in [0.25, 0.3) is 0 Å². The summed E-state index contributed by atoms with van der Waals surface area (Å²) < 4.78 is 5.08. The summed E-state index contributed by atoms with van der Waals surface area (Å²) in [5.74, 6) is -0.376. The average molecular weight is 265 g/mol. The molecule has 0 fully saturated rings. The fourth-order valence-corrected chi connectivity index (χ4v) is 1.45. The van der Waals surface area contributed by atoms with Crippen LogP contribution in [0.3, 0.4) is 0 Å². The molecular weight excluding hydrogens is 250 g/mol. The molecule has 6 heteroatoms. The number of thiocarbonyl (C=S) groups is 1. The third kappa shape index (κ3) is 3.81. The largest absolute Gasteiger partial charge is 0.482 e. The standard InChI is InChI=1S/C12H15N3O2S/c1-8-3-5-9(6-4-8)10(7-16)11(17-2)14-15-12(13)18/h3-7,10H,1-2H3,(H3,13,15,18). The fraction of sp³-hybridized carbons (Fsp3) is 0.250. The lowest BCUT2D eigenvalue weighted by Crippen LogP contribution is -2.28. The van der Waals surface area contributed by atoms with E-state index in [1.165, 1.54) is 7.11 Å². The number of aryl methyl sites for hydroxylation is 1. The van der Waals surface area contributed by atoms with Gasteiger partial charge in [-0.15, -0.1) is 5.10 Å². The SMILES string of the molecule is COC(=NNC(N)=S)C(C=O)c1ccc(C)cc1. The fourth-order valence-electron chi connectivity index (χ4n) is 1.41. The van der Waals surface area contributed by atoms with Crippen LogP contribution < -0.4 is 11.2 Å². The van der Waals surface area contributed by atoms with E-state index in [9.17, 15) is 4.79 Å². The zero-order chi connectivity index (χ0) is 13.5. The van der Waals surface area contributed by atoms with Crippen LogP contribution in [-0.4, -0.2) is 24.4 Å². The van der Waals surface area contributed by atoms with Crippen LogP contribution in [-0.2, 0) is 9.53 Å². The Morgan fingerprint density at radius 1 is 1.50 bits per heavy atom. The third-order valence-corrected chi connectivity index (χ3v) is 2.42. The molecule has 1 unspecified atom stereocenters. The van der Waals surface area contributed by atoms with E-state index in [0.29, 0.717) is 0 Å². The Hall–Kier alpha value is -1.95. The lowest BCUT2D eigenvalue weighted by atomic mass is 9.99. The first-order valence-corrected chi connectivity index (χ1v) is 5.68. The molecule has 0 aliphatic rings. The summed E-state index contributed by atoms with van der Waals surface area (Å²) >= 11 is 4.63. The van der Waals surface area contributed by atoms with E-state index >= 15 is 0 Å². The van der Waals surface area contributed by atoms with Crippen LogP contribution in [0.1, 0.15) is 17.0 Å². The van der Waals surface area contributed by atoms with Crippen molar-refractivity contribution in [3.63, 3.8) is 0 Å². The summed E-state index contributed by atoms with van der Waals surface area (Å²) in [7, 11) is 1.44. The lowest BCUT2D eigenvalue weighted by Gasteiger charge is -2.13. The van der Waals surface area contributed by atoms with Crippen LogP contribution in [0.4, 0.5) is 0 Å². The highest BCUT2D eigenvalue weighted by Gasteiger charge is 2.18. The lowest BCUT2D eigenvalue weighted by molar-refractivity contribution is -0.108. The number of hydrazone groups is 1. The van der Waals surface area contributed by atoms with Gasteiger partial charge in [-0.2, -0.15) is 0 Å². The van der Waals surface area contributed by atoms with E-state index in [2.05, 4.69) is 22.7 Å². The summed E-state index contributed by atoms with van der Waals surface area (Å²) in [5.41, 5.74) is 9.57. The molecule has 18 heavy (non-hydrogen) atoms. The van der Waals surface area contributed by atoms with Crippen LogP contribution in [0.15, 0.2) is 29.4 Å². The molecule has 0 aliphatic heterocycles. The van der Waals surface area contributed by atoms with Gasteiger partial charge in [0.05, 0.1) is 7.11 Å². The van der Waals surface area contributed by atoms with Gasteiger partial charge in [0.15, 0.2) is 5.11 Å². The Labute approximate surface area is 111 Å². The summed E-state index contributed by atoms with van der Waals surface area (Å²) in [6.45, 7) is 1.97. The number of carbonyl (C=O) groups excluding carboxylic acids is 1. The number of hydrogen-bond donors (Lipinski definition) is 2. The Bertz CT molecular complexity index is 457. The number of benzene rings is 1. The quantitative estimate of drug-likeness (QED) is 0.280. The molecule has 0 amide bonds. The molecule has 0 aromatic heterocycles. The van der Waals surface area contributed by atoms with Crippen molar-refractivity contribution >= 4 is 29.5 Å². The topological polar surface area (TPSA) is 76.7 Å². The van der Waals surface area contributed by atoms with E-state index in [1.807, 2.05) is 31.2 Å². The highest BCUT2D eigenvalue weighted by molar-refractivity contribution is 7.80. The minimum atomic E-state index is -0.586. The summed E-state index contributed by atoms with van der Waals surface area (Å²) in [4.78, 5) is 11.2. The molecule has 0 bridgehead atoms. The van der Waals surface area contributed by atoms with Gasteiger partial charge in [-0.1, -0.05) is 29.8 Å². The molecule has 3 N–H and O–H groups in total. The third-order valence-electron chi connectivity index (χ3n) is 2.32. The molecule has 1 rings (SSSR count). The summed E-state index contributed by atoms with van der Waals surface area (Å²) in [6.07, 6.45) is 0.758. The average Bonchev–Trinajstić information content (AvgIpc) is 2.35. The molecule has 1 aromatic carbocycles. The summed E-state index contributed by atoms with van der Waals surface area (Å²) in [6, 6.07) is 7.54. The molecular formula is C12H15N3O2S. The number of carbonyl (C=O) groups is 1. The van der Waals surface area contributed by atoms with E-state index in [1.54, 1.807) is 0 Å². The van der Waals surface area contributed by atoms with Gasteiger partial charge in [0, 0.05) is 0 Å². The molecule has 0 heterocycles. The normalized spacial score (nSPS) is 12.7. The van der Waals surface area contributed by atoms with Crippen molar-refractivity contribution in [3.05, 3.63) is 35.4 Å². The first-order chi connectivity index (χ1) is 8.58. The number of nitrogens with two attached hydrogens (primary N) is 1. The van der Waals surface area contributed by atoms with Crippen molar-refractivity contribution in [1.82, 2.24) is 5.43 Å². The highest BCUT2D eigenvalue weighted by Crippen LogP contribution is 2.16. The zero-order valence-electron chi connectivity index (χ0n) is 10.2. The monoisotopic (exact) mass is 265 g/mol. The van der Waals surface area contributed by atoms with E-state index < -0.39 is 5.92 Å². The summed E-state index contributed by atoms with van der Waals surface area (Å²) in [5, 5.41) is 3.87. The van der Waals surface area contributed by atoms with Gasteiger partial charge in [-0.3, -0.25) is 5.43 Å². The van der Waals surface area contributed by atoms with Gasteiger partial charge < -0.3 is 15.3 Å². The predicted octanol–water partition coefficient (Wildman–Crippen LogP) is 1.07. The van der Waals surface area contributed by atoms with Crippen LogP contribution in [0, 0.1) is 6.92 Å². The van der Waals surface area contributed by atoms with Crippen LogP contribution >= 0.6 is 12.2 Å². The number of aldehydes is 1. The maximum absolute atomic E-state index is 11.2. The van der Waals surface area contributed by atoms with Gasteiger partial charge in [0.1, 0.15) is 12.2 Å². The van der Waals surface area contributed by atoms with E-state index in [4.69, 9.17) is 10.5 Å². The Morgan fingerprint density at radius 3 is 2.56 bits per heavy atom. The Morgan fingerprint density at radius 2 is 2.11 bits per heavy atom. The highest BCUT2D eigenvalue weighted by atomic mass is 32.1. The van der Waals surface area contributed by atoms with Crippen molar-refractivity contribution in [2.75, 3.05) is 7.11 Å². The maximum atomic E-state index is 11.2. The van der Waals surface area contributed by atoms with Gasteiger partial charge in [-0.25, -0.2) is 0 Å². The van der Waals surface area contributed by atoms with Crippen molar-refractivity contribution in [2.24, 2.45) is 10.8 Å². The Balaban J connectivity index is 2.99. The first kappa shape index (κ1) is 14.1. The second-order valence-corrected chi connectivity index (χ2v) is 4.09. The van der Waals surface area contributed by atoms with Crippen molar-refractivity contribution in [3.8, 4) is 0 Å². The van der Waals surface area contributed by atoms with E-state index in [-0.39, 0.29) is 11.0 Å². The number of hydrogen-bond acceptors (Lipinski definition) is 4. The van der Waals surface area contributed by atoms with Crippen LogP contribution in [0.25, 0.3) is 0 Å². The molecule has 5 nitrogen and oxygen atoms in total. The molecule has 0 saturated carbocycles. The zero-order valence-corrected chi connectivity index (χ0v) is 11.0. The molecule has 0 radical (unpaired) electrons. The Kier molecular flexibility index (Phi) is 5.26. The van der Waals surface area contributed by atoms with E-state index in [0.717, 1.165) is 17.4 Å². The minimum absolute atomic E-state index is 0.0121. The number of nitrogens with one attached hydrogen (secondary N) is 1. The van der Waals surface area contributed by atoms with Crippen molar-refractivity contribution in [2.45, 2.75) is 12.8 Å². The second kappa shape index (κ2) is 6.70. The smallest absolute Gasteiger partial charge is 0.220 e. The number of ether oxygens (including phenoxy) is 1. The maximum Gasteiger partial charge on any atom is 0.220 e. The molecule has 0 saturated heterocycles. The molecule has 0 aliphatic carbocycles. The number of nitrogens with zero attached hydrogens (tertiary/aromatic N) is 1. The van der Waals surface area contributed by atoms with Crippen molar-refractivity contribution < 1.29 is 9.53 Å². The number of methoxy groups -OCH3 is 1. The first-order valence-electron chi connectivity index (χ1n) is 5.27.